The van der Waals surface area contributed by atoms with Crippen LogP contribution in [0.1, 0.15) is 116 Å². The van der Waals surface area contributed by atoms with E-state index in [0.717, 1.165) is 82.5 Å². The van der Waals surface area contributed by atoms with Gasteiger partial charge in [0.25, 0.3) is 21.8 Å². The molecule has 3 aromatic carbocycles. The molecule has 0 radical (unpaired) electrons. The minimum atomic E-state index is -4.58. The summed E-state index contributed by atoms with van der Waals surface area (Å²) in [5.41, 5.74) is 6.25. The van der Waals surface area contributed by atoms with Gasteiger partial charge in [-0.05, 0) is 109 Å². The molecule has 2 saturated heterocycles. The smallest absolute Gasteiger partial charge is 0.268 e. The van der Waals surface area contributed by atoms with Crippen LogP contribution in [0.2, 0.25) is 0 Å². The van der Waals surface area contributed by atoms with E-state index < -0.39 is 21.7 Å². The number of anilines is 3. The largest absolute Gasteiger partial charge is 0.758 e. The molecule has 2 aliphatic heterocycles. The summed E-state index contributed by atoms with van der Waals surface area (Å²) in [7, 11) is -0.138. The molecule has 6 aromatic rings. The normalized spacial score (nSPS) is 20.7. The van der Waals surface area contributed by atoms with Crippen LogP contribution in [0.15, 0.2) is 90.1 Å². The van der Waals surface area contributed by atoms with Crippen LogP contribution in [0, 0.1) is 22.9 Å². The van der Waals surface area contributed by atoms with E-state index >= 15 is 0 Å². The van der Waals surface area contributed by atoms with E-state index in [0.29, 0.717) is 54.4 Å². The molecule has 2 aliphatic carbocycles. The Hall–Kier alpha value is -6.47. The summed E-state index contributed by atoms with van der Waals surface area (Å²) in [6.07, 6.45) is 10.1. The third-order valence-electron chi connectivity index (χ3n) is 16.1. The topological polar surface area (TPSA) is 181 Å². The Morgan fingerprint density at radius 2 is 1.67 bits per heavy atom. The highest BCUT2D eigenvalue weighted by Crippen LogP contribution is 2.45. The third-order valence-corrected chi connectivity index (χ3v) is 17.4. The van der Waals surface area contributed by atoms with Crippen LogP contribution in [-0.4, -0.2) is 112 Å². The van der Waals surface area contributed by atoms with Gasteiger partial charge in [0.2, 0.25) is 0 Å². The second kappa shape index (κ2) is 22.6. The quantitative estimate of drug-likeness (QED) is 0.0692. The Bertz CT molecular complexity index is 3150. The summed E-state index contributed by atoms with van der Waals surface area (Å²) in [5.74, 6) is 2.08. The van der Waals surface area contributed by atoms with Crippen LogP contribution in [0.3, 0.4) is 0 Å². The lowest BCUT2D eigenvalue weighted by Crippen LogP contribution is -2.56. The lowest BCUT2D eigenvalue weighted by Gasteiger charge is -2.48. The number of nitrogens with one attached hydrogen (secondary N) is 3. The number of amides is 1. The molecule has 0 spiro atoms. The van der Waals surface area contributed by atoms with Gasteiger partial charge in [0.15, 0.2) is 5.75 Å². The Kier molecular flexibility index (Phi) is 15.8. The molecule has 4 fully saturated rings. The summed E-state index contributed by atoms with van der Waals surface area (Å²) in [4.78, 5) is 32.9. The first-order valence-corrected chi connectivity index (χ1v) is 28.4. The average molecular weight is 1060 g/mol. The number of fused-ring (bicyclic) bond motifs is 1. The van der Waals surface area contributed by atoms with E-state index in [1.165, 1.54) is 73.6 Å². The summed E-state index contributed by atoms with van der Waals surface area (Å²) in [6, 6.07) is 23.6. The number of H-pyrrole nitrogens is 1. The lowest BCUT2D eigenvalue weighted by atomic mass is 9.80. The number of halogens is 1. The molecule has 0 bridgehead atoms. The van der Waals surface area contributed by atoms with Crippen LogP contribution in [0.25, 0.3) is 11.0 Å². The number of piperidine rings is 1. The van der Waals surface area contributed by atoms with Crippen molar-refractivity contribution in [2.75, 3.05) is 82.4 Å². The van der Waals surface area contributed by atoms with Crippen molar-refractivity contribution in [1.82, 2.24) is 29.5 Å². The second-order valence-corrected chi connectivity index (χ2v) is 23.3. The molecular formula is C58H71FN9O7S-. The van der Waals surface area contributed by atoms with Crippen molar-refractivity contribution < 1.29 is 31.8 Å². The number of nitrogens with zero attached hydrogens (tertiary/aromatic N) is 6. The first-order chi connectivity index (χ1) is 36.7. The number of carbonyl (C=O) groups excluding carboxylic acids is 1. The van der Waals surface area contributed by atoms with Gasteiger partial charge in [-0.1, -0.05) is 70.0 Å². The van der Waals surface area contributed by atoms with E-state index in [4.69, 9.17) is 14.2 Å². The number of pyridine rings is 2. The number of likely N-dealkylation sites (tertiary alicyclic amines) is 1. The molecule has 16 nitrogen and oxygen atoms in total. The van der Waals surface area contributed by atoms with Gasteiger partial charge in [0.05, 0.1) is 30.9 Å². The fraction of sp³-hybridized carbons (Fsp3) is 0.466. The zero-order chi connectivity index (χ0) is 53.3. The molecule has 18 heteroatoms. The zero-order valence-corrected chi connectivity index (χ0v) is 45.3. The van der Waals surface area contributed by atoms with Gasteiger partial charge < -0.3 is 39.7 Å². The number of hydrogen-bond donors (Lipinski definition) is 3. The van der Waals surface area contributed by atoms with E-state index in [9.17, 15) is 22.8 Å². The van der Waals surface area contributed by atoms with E-state index in [-0.39, 0.29) is 56.3 Å². The molecule has 404 valence electrons. The van der Waals surface area contributed by atoms with Crippen LogP contribution >= 0.6 is 0 Å². The molecule has 76 heavy (non-hydrogen) atoms. The number of aromatic amines is 1. The summed E-state index contributed by atoms with van der Waals surface area (Å²) in [6.45, 7) is 13.0. The number of hydrogen-bond acceptors (Lipinski definition) is 14. The van der Waals surface area contributed by atoms with E-state index in [1.807, 2.05) is 0 Å². The fourth-order valence-electron chi connectivity index (χ4n) is 11.7. The Morgan fingerprint density at radius 3 is 2.39 bits per heavy atom. The predicted octanol–water partition coefficient (Wildman–Crippen LogP) is 10.4. The maximum absolute atomic E-state index is 15.0. The van der Waals surface area contributed by atoms with Crippen molar-refractivity contribution in [3.63, 3.8) is 0 Å². The van der Waals surface area contributed by atoms with Crippen molar-refractivity contribution in [1.29, 1.82) is 0 Å². The molecule has 2 atom stereocenters. The van der Waals surface area contributed by atoms with Crippen molar-refractivity contribution in [3.8, 4) is 23.1 Å². The minimum absolute atomic E-state index is 0.00434. The van der Waals surface area contributed by atoms with Gasteiger partial charge in [-0.3, -0.25) is 14.6 Å². The molecule has 10 rings (SSSR count). The Balaban J connectivity index is 0.888. The lowest BCUT2D eigenvalue weighted by molar-refractivity contribution is 0.0792. The molecule has 3 N–H and O–H groups in total. The number of carbonyl (C=O) groups is 1. The van der Waals surface area contributed by atoms with Gasteiger partial charge in [0, 0.05) is 94.5 Å². The number of ether oxygens (including phenoxy) is 3. The maximum atomic E-state index is 15.0. The zero-order valence-electron chi connectivity index (χ0n) is 44.5. The number of hydroxylamine groups is 1. The number of benzene rings is 3. The maximum Gasteiger partial charge on any atom is 0.268 e. The molecule has 1 amide bonds. The third kappa shape index (κ3) is 11.6. The van der Waals surface area contributed by atoms with Crippen LogP contribution in [0.4, 0.5) is 21.6 Å². The van der Waals surface area contributed by atoms with Crippen molar-refractivity contribution in [2.45, 2.75) is 101 Å². The molecule has 2 saturated carbocycles. The number of methoxy groups -OCH3 is 2. The molecule has 4 aliphatic rings. The van der Waals surface area contributed by atoms with Crippen LogP contribution < -0.4 is 34.2 Å². The van der Waals surface area contributed by atoms with E-state index in [1.54, 1.807) is 19.2 Å². The van der Waals surface area contributed by atoms with Crippen LogP contribution in [-0.2, 0) is 16.6 Å². The summed E-state index contributed by atoms with van der Waals surface area (Å²) in [5, 5.41) is 16.7. The van der Waals surface area contributed by atoms with Gasteiger partial charge in [-0.2, -0.15) is 4.98 Å². The van der Waals surface area contributed by atoms with Gasteiger partial charge in [-0.25, -0.2) is 22.5 Å². The van der Waals surface area contributed by atoms with Gasteiger partial charge in [0.1, 0.15) is 33.7 Å². The first-order valence-electron chi connectivity index (χ1n) is 26.9. The number of aromatic nitrogens is 3. The van der Waals surface area contributed by atoms with Crippen molar-refractivity contribution >= 4 is 44.2 Å². The molecule has 3 aromatic heterocycles. The van der Waals surface area contributed by atoms with Gasteiger partial charge >= 0.3 is 0 Å². The number of sulfonamides is 1. The standard InChI is InChI=1S/C58H71FN9O7S/c1-36(2)43-9-7-8-10-45(43)48-35-66(34-39-15-19-44(40-16-17-40)52(27-39)73-5)22-21-50(48)68-25-23-67(24-26-68)41-18-20-46(53(28-41)75-54-30-47-49(59)33-62-55(47)63-58(54)74-6)57(69)64-76(71,72)42-29-51(65(4)70)56(61-32-42)60-31-38-13-11-37(3)12-14-38/h7-10,15,18-20,27-30,32-33,36-38,40,48,50H,11-14,16-17,21-26,31,34-35H2,1-6H3,(H,60,61)(H,62,63)(H,64,69)/q-1. The number of rotatable bonds is 18. The second-order valence-electron chi connectivity index (χ2n) is 21.6. The fourth-order valence-corrected chi connectivity index (χ4v) is 12.6. The summed E-state index contributed by atoms with van der Waals surface area (Å²) < 4.78 is 63.1. The van der Waals surface area contributed by atoms with Crippen LogP contribution in [0.5, 0.6) is 23.1 Å². The Labute approximate surface area is 446 Å². The van der Waals surface area contributed by atoms with Crippen molar-refractivity contribution in [3.05, 3.63) is 124 Å². The monoisotopic (exact) mass is 1060 g/mol. The predicted molar refractivity (Wildman–Crippen MR) is 295 cm³/mol. The molecular weight excluding hydrogens is 986 g/mol. The summed E-state index contributed by atoms with van der Waals surface area (Å²) >= 11 is 0. The highest BCUT2D eigenvalue weighted by atomic mass is 32.2. The molecule has 2 unspecified atom stereocenters. The Morgan fingerprint density at radius 1 is 0.895 bits per heavy atom. The molecule has 5 heterocycles. The average Bonchev–Trinajstić information content (AvgIpc) is 4.22. The van der Waals surface area contributed by atoms with Crippen molar-refractivity contribution in [2.24, 2.45) is 11.8 Å². The SMILES string of the molecule is COc1cc(CN2CCC(N3CCN(c4ccc(C(=O)NS(=O)(=O)c5cnc(NCC6CCC(C)CC6)c(N(C)[O-])c5)c(Oc5cc6c(F)c[nH]c6nc5OC)c4)CC3)C(c3ccccc3C(C)C)C2)ccc1C1CC1. The van der Waals surface area contributed by atoms with E-state index in [2.05, 4.69) is 103 Å². The van der Waals surface area contributed by atoms with Gasteiger partial charge in [-0.15, -0.1) is 0 Å². The number of piperazine rings is 1. The highest BCUT2D eigenvalue weighted by molar-refractivity contribution is 7.90. The first kappa shape index (κ1) is 52.9. The minimum Gasteiger partial charge on any atom is -0.758 e. The highest BCUT2D eigenvalue weighted by Gasteiger charge is 2.38.